The first kappa shape index (κ1) is 15.9. The van der Waals surface area contributed by atoms with E-state index in [4.69, 9.17) is 5.73 Å². The second kappa shape index (κ2) is 6.36. The first-order chi connectivity index (χ1) is 12.1. The number of nitrogens with two attached hydrogens (primary N) is 1. The number of rotatable bonds is 3. The highest BCUT2D eigenvalue weighted by molar-refractivity contribution is 5.90. The molecule has 3 aromatic heterocycles. The van der Waals surface area contributed by atoms with Crippen LogP contribution in [0.15, 0.2) is 18.7 Å². The number of aromatic nitrogens is 5. The molecule has 3 aromatic rings. The van der Waals surface area contributed by atoms with E-state index in [2.05, 4.69) is 30.2 Å². The van der Waals surface area contributed by atoms with E-state index in [1.807, 2.05) is 0 Å². The summed E-state index contributed by atoms with van der Waals surface area (Å²) in [6.07, 6.45) is 8.78. The van der Waals surface area contributed by atoms with Gasteiger partial charge in [-0.15, -0.1) is 0 Å². The Morgan fingerprint density at radius 1 is 1.32 bits per heavy atom. The van der Waals surface area contributed by atoms with Crippen molar-refractivity contribution in [2.75, 3.05) is 5.32 Å². The van der Waals surface area contributed by atoms with Crippen molar-refractivity contribution in [2.45, 2.75) is 44.7 Å². The number of aryl methyl sites for hydroxylation is 1. The molecule has 0 radical (unpaired) electrons. The maximum Gasteiger partial charge on any atom is 0.186 e. The van der Waals surface area contributed by atoms with Gasteiger partial charge in [0.1, 0.15) is 12.0 Å². The normalized spacial score (nSPS) is 20.8. The van der Waals surface area contributed by atoms with Gasteiger partial charge in [-0.25, -0.2) is 24.3 Å². The summed E-state index contributed by atoms with van der Waals surface area (Å²) in [6.45, 7) is 1.64. The van der Waals surface area contributed by atoms with Gasteiger partial charge in [-0.1, -0.05) is 0 Å². The molecule has 8 heteroatoms. The van der Waals surface area contributed by atoms with Crippen LogP contribution >= 0.6 is 0 Å². The molecule has 0 bridgehead atoms. The molecule has 1 saturated carbocycles. The molecule has 25 heavy (non-hydrogen) atoms. The van der Waals surface area contributed by atoms with Gasteiger partial charge in [0.2, 0.25) is 0 Å². The highest BCUT2D eigenvalue weighted by atomic mass is 19.1. The van der Waals surface area contributed by atoms with E-state index in [9.17, 15) is 4.39 Å². The van der Waals surface area contributed by atoms with E-state index in [1.54, 1.807) is 19.3 Å². The second-order valence-electron chi connectivity index (χ2n) is 6.55. The predicted molar refractivity (Wildman–Crippen MR) is 93.5 cm³/mol. The molecule has 1 aliphatic rings. The smallest absolute Gasteiger partial charge is 0.186 e. The third kappa shape index (κ3) is 3.05. The molecule has 4 rings (SSSR count). The first-order valence-electron chi connectivity index (χ1n) is 8.45. The molecule has 4 N–H and O–H groups in total. The number of halogens is 1. The molecule has 0 saturated heterocycles. The molecular formula is C17H20FN7. The number of nitrogens with zero attached hydrogens (tertiary/aromatic N) is 4. The van der Waals surface area contributed by atoms with Gasteiger partial charge in [-0.2, -0.15) is 0 Å². The van der Waals surface area contributed by atoms with Crippen molar-refractivity contribution in [3.05, 3.63) is 30.2 Å². The summed E-state index contributed by atoms with van der Waals surface area (Å²) in [4.78, 5) is 20.0. The van der Waals surface area contributed by atoms with Gasteiger partial charge in [0, 0.05) is 35.4 Å². The monoisotopic (exact) mass is 341 g/mol. The largest absolute Gasteiger partial charge is 0.365 e. The van der Waals surface area contributed by atoms with Crippen molar-refractivity contribution in [3.8, 4) is 11.4 Å². The van der Waals surface area contributed by atoms with Gasteiger partial charge in [0.25, 0.3) is 0 Å². The molecule has 0 aromatic carbocycles. The van der Waals surface area contributed by atoms with Gasteiger partial charge in [0.15, 0.2) is 17.5 Å². The average molecular weight is 341 g/mol. The van der Waals surface area contributed by atoms with Crippen molar-refractivity contribution in [2.24, 2.45) is 5.73 Å². The lowest BCUT2D eigenvalue weighted by molar-refractivity contribution is 0.407. The minimum absolute atomic E-state index is 0.131. The van der Waals surface area contributed by atoms with Crippen molar-refractivity contribution in [1.29, 1.82) is 0 Å². The number of hydrogen-bond acceptors (Lipinski definition) is 6. The molecule has 2 atom stereocenters. The molecule has 1 aliphatic carbocycles. The van der Waals surface area contributed by atoms with Gasteiger partial charge < -0.3 is 16.0 Å². The van der Waals surface area contributed by atoms with E-state index in [0.717, 1.165) is 36.6 Å². The van der Waals surface area contributed by atoms with Crippen LogP contribution in [0.25, 0.3) is 22.4 Å². The zero-order valence-corrected chi connectivity index (χ0v) is 14.0. The minimum Gasteiger partial charge on any atom is -0.365 e. The Bertz CT molecular complexity index is 907. The molecular weight excluding hydrogens is 321 g/mol. The Hall–Kier alpha value is -2.61. The Labute approximate surface area is 144 Å². The number of H-pyrrole nitrogens is 1. The minimum atomic E-state index is -0.418. The van der Waals surface area contributed by atoms with Gasteiger partial charge in [0.05, 0.1) is 5.69 Å². The number of nitrogens with one attached hydrogen (secondary N) is 2. The van der Waals surface area contributed by atoms with Crippen molar-refractivity contribution >= 4 is 16.9 Å². The molecule has 0 aliphatic heterocycles. The zero-order chi connectivity index (χ0) is 17.4. The van der Waals surface area contributed by atoms with Crippen LogP contribution in [0.5, 0.6) is 0 Å². The quantitative estimate of drug-likeness (QED) is 0.676. The van der Waals surface area contributed by atoms with Crippen LogP contribution in [0.2, 0.25) is 0 Å². The van der Waals surface area contributed by atoms with E-state index in [-0.39, 0.29) is 17.9 Å². The SMILES string of the molecule is Cc1nc(-c2c[nH]c3ncncc23)nc(N[C@@H]2CCC[C@H](N)C2)c1F. The summed E-state index contributed by atoms with van der Waals surface area (Å²) in [7, 11) is 0. The lowest BCUT2D eigenvalue weighted by Crippen LogP contribution is -2.35. The van der Waals surface area contributed by atoms with Crippen LogP contribution in [0.3, 0.4) is 0 Å². The lowest BCUT2D eigenvalue weighted by atomic mass is 9.91. The summed E-state index contributed by atoms with van der Waals surface area (Å²) in [5, 5.41) is 4.03. The fraction of sp³-hybridized carbons (Fsp3) is 0.412. The van der Waals surface area contributed by atoms with Crippen LogP contribution < -0.4 is 11.1 Å². The summed E-state index contributed by atoms with van der Waals surface area (Å²) < 4.78 is 14.5. The highest BCUT2D eigenvalue weighted by Crippen LogP contribution is 2.28. The number of anilines is 1. The fourth-order valence-electron chi connectivity index (χ4n) is 3.37. The summed E-state index contributed by atoms with van der Waals surface area (Å²) in [5.74, 6) is 0.259. The predicted octanol–water partition coefficient (Wildman–Crippen LogP) is 2.54. The van der Waals surface area contributed by atoms with E-state index >= 15 is 0 Å². The highest BCUT2D eigenvalue weighted by Gasteiger charge is 2.22. The van der Waals surface area contributed by atoms with Gasteiger partial charge in [-0.3, -0.25) is 0 Å². The van der Waals surface area contributed by atoms with E-state index in [0.29, 0.717) is 17.2 Å². The number of hydrogen-bond donors (Lipinski definition) is 3. The average Bonchev–Trinajstić information content (AvgIpc) is 3.03. The number of fused-ring (bicyclic) bond motifs is 1. The van der Waals surface area contributed by atoms with Crippen molar-refractivity contribution in [3.63, 3.8) is 0 Å². The van der Waals surface area contributed by atoms with Gasteiger partial charge in [-0.05, 0) is 32.6 Å². The molecule has 1 fully saturated rings. The Morgan fingerprint density at radius 3 is 3.04 bits per heavy atom. The fourth-order valence-corrected chi connectivity index (χ4v) is 3.37. The Kier molecular flexibility index (Phi) is 4.04. The van der Waals surface area contributed by atoms with Crippen molar-refractivity contribution < 1.29 is 4.39 Å². The topological polar surface area (TPSA) is 105 Å². The maximum atomic E-state index is 14.5. The van der Waals surface area contributed by atoms with Crippen LogP contribution in [0.1, 0.15) is 31.4 Å². The lowest BCUT2D eigenvalue weighted by Gasteiger charge is -2.28. The zero-order valence-electron chi connectivity index (χ0n) is 14.0. The van der Waals surface area contributed by atoms with E-state index in [1.165, 1.54) is 6.33 Å². The number of aromatic amines is 1. The summed E-state index contributed by atoms with van der Waals surface area (Å²) in [6, 6.07) is 0.286. The second-order valence-corrected chi connectivity index (χ2v) is 6.55. The molecule has 0 amide bonds. The summed E-state index contributed by atoms with van der Waals surface area (Å²) >= 11 is 0. The molecule has 130 valence electrons. The maximum absolute atomic E-state index is 14.5. The van der Waals surface area contributed by atoms with Crippen LogP contribution in [-0.2, 0) is 0 Å². The van der Waals surface area contributed by atoms with Crippen LogP contribution in [0.4, 0.5) is 10.2 Å². The van der Waals surface area contributed by atoms with Crippen LogP contribution in [-0.4, -0.2) is 37.0 Å². The standard InChI is InChI=1S/C17H20FN7/c1-9-14(18)17(24-11-4-2-3-10(19)5-11)25-16(23-9)13-7-21-15-12(13)6-20-8-22-15/h6-8,10-11H,2-5,19H2,1H3,(H,20,21,22)(H,23,24,25)/t10-,11+/m0/s1. The molecule has 0 spiro atoms. The Morgan fingerprint density at radius 2 is 2.20 bits per heavy atom. The molecule has 7 nitrogen and oxygen atoms in total. The van der Waals surface area contributed by atoms with Crippen LogP contribution in [0, 0.1) is 12.7 Å². The first-order valence-corrected chi connectivity index (χ1v) is 8.45. The molecule has 3 heterocycles. The van der Waals surface area contributed by atoms with Gasteiger partial charge >= 0.3 is 0 Å². The Balaban J connectivity index is 1.71. The molecule has 0 unspecified atom stereocenters. The third-order valence-corrected chi connectivity index (χ3v) is 4.67. The summed E-state index contributed by atoms with van der Waals surface area (Å²) in [5.41, 5.74) is 7.79. The third-order valence-electron chi connectivity index (χ3n) is 4.67. The van der Waals surface area contributed by atoms with Crippen molar-refractivity contribution in [1.82, 2.24) is 24.9 Å². The van der Waals surface area contributed by atoms with E-state index < -0.39 is 5.82 Å².